The summed E-state index contributed by atoms with van der Waals surface area (Å²) in [6, 6.07) is 5.95. The molecule has 4 rings (SSSR count). The highest BCUT2D eigenvalue weighted by molar-refractivity contribution is 7.10. The molecule has 0 bridgehead atoms. The van der Waals surface area contributed by atoms with Gasteiger partial charge in [-0.05, 0) is 31.2 Å². The summed E-state index contributed by atoms with van der Waals surface area (Å²) in [7, 11) is 0. The van der Waals surface area contributed by atoms with Crippen LogP contribution in [-0.4, -0.2) is 28.6 Å². The van der Waals surface area contributed by atoms with Crippen molar-refractivity contribution in [3.05, 3.63) is 34.2 Å². The van der Waals surface area contributed by atoms with E-state index in [9.17, 15) is 4.79 Å². The molecule has 0 saturated carbocycles. The Morgan fingerprint density at radius 3 is 3.10 bits per heavy atom. The van der Waals surface area contributed by atoms with Gasteiger partial charge in [0.1, 0.15) is 11.9 Å². The van der Waals surface area contributed by atoms with E-state index >= 15 is 0 Å². The summed E-state index contributed by atoms with van der Waals surface area (Å²) in [5.41, 5.74) is 0. The van der Waals surface area contributed by atoms with Gasteiger partial charge in [-0.25, -0.2) is 0 Å². The Morgan fingerprint density at radius 1 is 1.50 bits per heavy atom. The van der Waals surface area contributed by atoms with E-state index in [0.29, 0.717) is 5.82 Å². The molecule has 20 heavy (non-hydrogen) atoms. The molecule has 0 spiro atoms. The molecule has 0 radical (unpaired) electrons. The van der Waals surface area contributed by atoms with Crippen LogP contribution in [-0.2, 0) is 4.79 Å². The molecule has 2 aromatic rings. The van der Waals surface area contributed by atoms with Crippen LogP contribution in [0.1, 0.15) is 29.6 Å². The van der Waals surface area contributed by atoms with Gasteiger partial charge >= 0.3 is 0 Å². The minimum atomic E-state index is -0.0282. The van der Waals surface area contributed by atoms with Crippen molar-refractivity contribution in [3.63, 3.8) is 0 Å². The molecule has 4 heterocycles. The van der Waals surface area contributed by atoms with E-state index in [-0.39, 0.29) is 18.1 Å². The van der Waals surface area contributed by atoms with Gasteiger partial charge < -0.3 is 4.52 Å². The number of hydrogen-bond acceptors (Lipinski definition) is 5. The lowest BCUT2D eigenvalue weighted by molar-refractivity contribution is -0.119. The Morgan fingerprint density at radius 2 is 2.40 bits per heavy atom. The van der Waals surface area contributed by atoms with Gasteiger partial charge in [0.25, 0.3) is 0 Å². The molecule has 104 valence electrons. The molecule has 0 unspecified atom stereocenters. The molecule has 2 aromatic heterocycles. The van der Waals surface area contributed by atoms with Crippen LogP contribution in [0, 0.1) is 6.92 Å². The van der Waals surface area contributed by atoms with Gasteiger partial charge in [-0.3, -0.25) is 14.6 Å². The van der Waals surface area contributed by atoms with Gasteiger partial charge in [0.15, 0.2) is 5.82 Å². The zero-order valence-corrected chi connectivity index (χ0v) is 12.0. The van der Waals surface area contributed by atoms with Crippen LogP contribution >= 0.6 is 11.3 Å². The summed E-state index contributed by atoms with van der Waals surface area (Å²) in [6.45, 7) is 2.81. The third-order valence-electron chi connectivity index (χ3n) is 4.04. The van der Waals surface area contributed by atoms with Gasteiger partial charge in [0, 0.05) is 17.5 Å². The van der Waals surface area contributed by atoms with Crippen molar-refractivity contribution in [3.8, 4) is 0 Å². The number of fused-ring (bicyclic) bond motifs is 1. The van der Waals surface area contributed by atoms with E-state index in [1.165, 1.54) is 4.88 Å². The number of rotatable bonds is 2. The third-order valence-corrected chi connectivity index (χ3v) is 4.95. The van der Waals surface area contributed by atoms with Crippen LogP contribution in [0.4, 0.5) is 5.82 Å². The molecular formula is C14H15N3O2S. The molecule has 6 heteroatoms. The standard InChI is InChI=1S/C14H15N3O2S/c1-9-8-12(15-19-9)17-13(11-5-3-7-20-11)16-6-2-4-10(16)14(17)18/h3,5,7-8,10,13H,2,4,6H2,1H3/t10-,13+/m1/s1. The number of anilines is 1. The van der Waals surface area contributed by atoms with Crippen molar-refractivity contribution in [1.82, 2.24) is 10.1 Å². The van der Waals surface area contributed by atoms with E-state index in [0.717, 1.165) is 25.1 Å². The van der Waals surface area contributed by atoms with E-state index in [1.807, 2.05) is 19.1 Å². The lowest BCUT2D eigenvalue weighted by Gasteiger charge is -2.26. The van der Waals surface area contributed by atoms with Gasteiger partial charge in [0.2, 0.25) is 5.91 Å². The van der Waals surface area contributed by atoms with Crippen molar-refractivity contribution >= 4 is 23.1 Å². The Bertz CT molecular complexity index is 637. The lowest BCUT2D eigenvalue weighted by Crippen LogP contribution is -2.32. The fraction of sp³-hybridized carbons (Fsp3) is 0.429. The second-order valence-electron chi connectivity index (χ2n) is 5.29. The maximum atomic E-state index is 12.7. The fourth-order valence-corrected chi connectivity index (χ4v) is 4.04. The molecule has 2 aliphatic heterocycles. The van der Waals surface area contributed by atoms with Crippen molar-refractivity contribution < 1.29 is 9.32 Å². The highest BCUT2D eigenvalue weighted by atomic mass is 32.1. The zero-order chi connectivity index (χ0) is 13.7. The first kappa shape index (κ1) is 12.1. The van der Waals surface area contributed by atoms with Crippen LogP contribution in [0.5, 0.6) is 0 Å². The second kappa shape index (κ2) is 4.43. The molecule has 2 atom stereocenters. The normalized spacial score (nSPS) is 26.4. The first-order valence-electron chi connectivity index (χ1n) is 6.81. The Hall–Kier alpha value is -1.66. The quantitative estimate of drug-likeness (QED) is 0.852. The number of aryl methyl sites for hydroxylation is 1. The molecule has 2 aliphatic rings. The van der Waals surface area contributed by atoms with E-state index in [2.05, 4.69) is 21.5 Å². The number of thiophene rings is 1. The van der Waals surface area contributed by atoms with E-state index < -0.39 is 0 Å². The largest absolute Gasteiger partial charge is 0.360 e. The van der Waals surface area contributed by atoms with Crippen LogP contribution in [0.15, 0.2) is 28.1 Å². The van der Waals surface area contributed by atoms with Crippen molar-refractivity contribution in [2.75, 3.05) is 11.4 Å². The summed E-state index contributed by atoms with van der Waals surface area (Å²) < 4.78 is 5.15. The summed E-state index contributed by atoms with van der Waals surface area (Å²) in [5, 5.41) is 6.09. The topological polar surface area (TPSA) is 49.6 Å². The van der Waals surface area contributed by atoms with Crippen LogP contribution in [0.2, 0.25) is 0 Å². The molecule has 5 nitrogen and oxygen atoms in total. The SMILES string of the molecule is Cc1cc(N2C(=O)[C@H]3CCCN3[C@@H]2c2cccs2)no1. The fourth-order valence-electron chi connectivity index (χ4n) is 3.21. The number of hydrogen-bond donors (Lipinski definition) is 0. The summed E-state index contributed by atoms with van der Waals surface area (Å²) in [6.07, 6.45) is 2.00. The molecule has 0 N–H and O–H groups in total. The van der Waals surface area contributed by atoms with Crippen LogP contribution < -0.4 is 4.90 Å². The molecule has 0 aromatic carbocycles. The zero-order valence-electron chi connectivity index (χ0n) is 11.2. The predicted octanol–water partition coefficient (Wildman–Crippen LogP) is 2.55. The van der Waals surface area contributed by atoms with Crippen molar-refractivity contribution in [1.29, 1.82) is 0 Å². The van der Waals surface area contributed by atoms with Crippen molar-refractivity contribution in [2.24, 2.45) is 0 Å². The summed E-state index contributed by atoms with van der Waals surface area (Å²) in [5.74, 6) is 1.50. The third kappa shape index (κ3) is 1.65. The maximum absolute atomic E-state index is 12.7. The average molecular weight is 289 g/mol. The highest BCUT2D eigenvalue weighted by Crippen LogP contribution is 2.43. The lowest BCUT2D eigenvalue weighted by atomic mass is 10.2. The first-order valence-corrected chi connectivity index (χ1v) is 7.69. The van der Waals surface area contributed by atoms with Gasteiger partial charge in [-0.1, -0.05) is 11.2 Å². The Kier molecular flexibility index (Phi) is 2.68. The number of aromatic nitrogens is 1. The molecule has 0 aliphatic carbocycles. The highest BCUT2D eigenvalue weighted by Gasteiger charge is 2.50. The number of nitrogens with zero attached hydrogens (tertiary/aromatic N) is 3. The molecule has 2 saturated heterocycles. The molecule has 1 amide bonds. The van der Waals surface area contributed by atoms with E-state index in [4.69, 9.17) is 4.52 Å². The van der Waals surface area contributed by atoms with Gasteiger partial charge in [0.05, 0.1) is 6.04 Å². The molecule has 2 fully saturated rings. The summed E-state index contributed by atoms with van der Waals surface area (Å²) in [4.78, 5) is 18.0. The Labute approximate surface area is 120 Å². The van der Waals surface area contributed by atoms with Gasteiger partial charge in [-0.15, -0.1) is 11.3 Å². The number of amides is 1. The van der Waals surface area contributed by atoms with Crippen molar-refractivity contribution in [2.45, 2.75) is 32.0 Å². The van der Waals surface area contributed by atoms with Crippen LogP contribution in [0.25, 0.3) is 0 Å². The second-order valence-corrected chi connectivity index (χ2v) is 6.27. The molecular weight excluding hydrogens is 274 g/mol. The smallest absolute Gasteiger partial charge is 0.247 e. The Balaban J connectivity index is 1.80. The number of carbonyl (C=O) groups is 1. The average Bonchev–Trinajstić information content (AvgIpc) is 3.16. The van der Waals surface area contributed by atoms with Crippen LogP contribution in [0.3, 0.4) is 0 Å². The monoisotopic (exact) mass is 289 g/mol. The minimum absolute atomic E-state index is 0.000828. The maximum Gasteiger partial charge on any atom is 0.247 e. The first-order chi connectivity index (χ1) is 9.75. The minimum Gasteiger partial charge on any atom is -0.360 e. The van der Waals surface area contributed by atoms with E-state index in [1.54, 1.807) is 16.2 Å². The van der Waals surface area contributed by atoms with Gasteiger partial charge in [-0.2, -0.15) is 0 Å². The number of carbonyl (C=O) groups excluding carboxylic acids is 1. The predicted molar refractivity (Wildman–Crippen MR) is 75.5 cm³/mol. The summed E-state index contributed by atoms with van der Waals surface area (Å²) >= 11 is 1.68.